The van der Waals surface area contributed by atoms with Gasteiger partial charge in [-0.15, -0.1) is 0 Å². The maximum Gasteiger partial charge on any atom is 0.410 e. The average Bonchev–Trinajstić information content (AvgIpc) is 2.98. The number of ether oxygens (including phenoxy) is 2. The van der Waals surface area contributed by atoms with E-state index in [4.69, 9.17) is 21.1 Å². The number of carbonyl (C=O) groups is 2. The van der Waals surface area contributed by atoms with Gasteiger partial charge < -0.3 is 23.8 Å². The van der Waals surface area contributed by atoms with Crippen molar-refractivity contribution in [1.29, 1.82) is 0 Å². The van der Waals surface area contributed by atoms with Crippen LogP contribution in [-0.2, 0) is 22.6 Å². The molecule has 0 bridgehead atoms. The minimum absolute atomic E-state index is 0.00362. The van der Waals surface area contributed by atoms with Crippen molar-refractivity contribution in [1.82, 2.24) is 9.47 Å². The minimum Gasteiger partial charge on any atom is -0.457 e. The van der Waals surface area contributed by atoms with Crippen LogP contribution < -0.4 is 10.3 Å². The Morgan fingerprint density at radius 1 is 0.932 bits per heavy atom. The largest absolute Gasteiger partial charge is 0.457 e. The molecule has 0 N–H and O–H groups in total. The van der Waals surface area contributed by atoms with Gasteiger partial charge in [-0.25, -0.2) is 14.0 Å². The third kappa shape index (κ3) is 7.22. The molecule has 3 aromatic carbocycles. The number of hydrogen-bond acceptors (Lipinski definition) is 6. The van der Waals surface area contributed by atoms with Gasteiger partial charge in [0.05, 0.1) is 11.2 Å². The van der Waals surface area contributed by atoms with Gasteiger partial charge in [0.1, 0.15) is 23.6 Å². The number of nitrogens with zero attached hydrogens (tertiary/aromatic N) is 3. The van der Waals surface area contributed by atoms with Crippen LogP contribution in [0.2, 0.25) is 5.02 Å². The molecule has 1 aliphatic rings. The Bertz CT molecular complexity index is 1740. The molecule has 0 aliphatic carbocycles. The lowest BCUT2D eigenvalue weighted by Gasteiger charge is -2.37. The number of piperazine rings is 1. The van der Waals surface area contributed by atoms with E-state index in [9.17, 15) is 14.4 Å². The fourth-order valence-electron chi connectivity index (χ4n) is 5.07. The zero-order valence-electron chi connectivity index (χ0n) is 25.2. The molecule has 4 aromatic rings. The number of halogens is 2. The van der Waals surface area contributed by atoms with E-state index < -0.39 is 28.9 Å². The van der Waals surface area contributed by atoms with Crippen molar-refractivity contribution in [2.24, 2.45) is 0 Å². The number of fused-ring (bicyclic) bond motifs is 1. The van der Waals surface area contributed by atoms with E-state index in [1.165, 1.54) is 12.3 Å². The predicted octanol–water partition coefficient (Wildman–Crippen LogP) is 6.56. The summed E-state index contributed by atoms with van der Waals surface area (Å²) >= 11 is 6.09. The number of aromatic nitrogens is 1. The molecule has 0 saturated carbocycles. The van der Waals surface area contributed by atoms with E-state index in [1.54, 1.807) is 27.7 Å². The molecule has 1 aliphatic heterocycles. The van der Waals surface area contributed by atoms with E-state index in [1.807, 2.05) is 69.0 Å². The molecule has 1 aromatic heterocycles. The number of benzene rings is 3. The van der Waals surface area contributed by atoms with Gasteiger partial charge in [0.15, 0.2) is 0 Å². The lowest BCUT2D eigenvalue weighted by atomic mass is 10.1. The molecule has 44 heavy (non-hydrogen) atoms. The van der Waals surface area contributed by atoms with Crippen molar-refractivity contribution in [3.8, 4) is 0 Å². The molecular formula is C34H35ClFN3O5. The lowest BCUT2D eigenvalue weighted by molar-refractivity contribution is 0.0240. The van der Waals surface area contributed by atoms with Crippen molar-refractivity contribution in [2.75, 3.05) is 31.1 Å². The number of pyridine rings is 1. The van der Waals surface area contributed by atoms with Crippen LogP contribution in [0.1, 0.15) is 47.8 Å². The molecule has 0 unspecified atom stereocenters. The Morgan fingerprint density at radius 2 is 1.57 bits per heavy atom. The number of aryl methyl sites for hydroxylation is 1. The number of hydrogen-bond donors (Lipinski definition) is 0. The highest BCUT2D eigenvalue weighted by atomic mass is 35.5. The highest BCUT2D eigenvalue weighted by Crippen LogP contribution is 2.27. The van der Waals surface area contributed by atoms with Crippen LogP contribution in [0, 0.1) is 12.7 Å². The average molecular weight is 620 g/mol. The van der Waals surface area contributed by atoms with Gasteiger partial charge in [-0.3, -0.25) is 4.79 Å². The second-order valence-electron chi connectivity index (χ2n) is 12.0. The summed E-state index contributed by atoms with van der Waals surface area (Å²) in [5.41, 5.74) is 2.09. The third-order valence-electron chi connectivity index (χ3n) is 7.40. The Labute approximate surface area is 260 Å². The van der Waals surface area contributed by atoms with Crippen molar-refractivity contribution in [2.45, 2.75) is 46.4 Å². The first kappa shape index (κ1) is 31.1. The van der Waals surface area contributed by atoms with Gasteiger partial charge in [-0.1, -0.05) is 53.6 Å². The van der Waals surface area contributed by atoms with Crippen molar-refractivity contribution >= 4 is 40.3 Å². The Hall–Kier alpha value is -4.37. The first-order chi connectivity index (χ1) is 20.9. The van der Waals surface area contributed by atoms with Crippen molar-refractivity contribution in [3.05, 3.63) is 110 Å². The zero-order chi connectivity index (χ0) is 31.6. The molecule has 0 spiro atoms. The molecule has 8 nitrogen and oxygen atoms in total. The van der Waals surface area contributed by atoms with E-state index in [0.717, 1.165) is 16.7 Å². The molecule has 1 saturated heterocycles. The fraction of sp³-hybridized carbons (Fsp3) is 0.324. The van der Waals surface area contributed by atoms with E-state index in [2.05, 4.69) is 0 Å². The third-order valence-corrected chi connectivity index (χ3v) is 7.65. The van der Waals surface area contributed by atoms with Crippen LogP contribution in [-0.4, -0.2) is 53.3 Å². The molecule has 230 valence electrons. The molecule has 1 amide bonds. The highest BCUT2D eigenvalue weighted by molar-refractivity contribution is 6.30. The summed E-state index contributed by atoms with van der Waals surface area (Å²) in [5.74, 6) is -1.38. The highest BCUT2D eigenvalue weighted by Gasteiger charge is 2.28. The topological polar surface area (TPSA) is 81.1 Å². The van der Waals surface area contributed by atoms with Gasteiger partial charge in [0, 0.05) is 49.3 Å². The fourth-order valence-corrected chi connectivity index (χ4v) is 5.20. The van der Waals surface area contributed by atoms with Gasteiger partial charge in [-0.05, 0) is 63.1 Å². The first-order valence-corrected chi connectivity index (χ1v) is 14.8. The molecule has 5 rings (SSSR count). The van der Waals surface area contributed by atoms with Crippen LogP contribution in [0.4, 0.5) is 14.9 Å². The molecule has 2 heterocycles. The van der Waals surface area contributed by atoms with Gasteiger partial charge in [0.25, 0.3) is 0 Å². The number of carbonyl (C=O) groups excluding carboxylic acids is 2. The monoisotopic (exact) mass is 619 g/mol. The quantitative estimate of drug-likeness (QED) is 0.227. The Kier molecular flexibility index (Phi) is 8.97. The van der Waals surface area contributed by atoms with E-state index in [0.29, 0.717) is 49.0 Å². The summed E-state index contributed by atoms with van der Waals surface area (Å²) in [6, 6.07) is 17.6. The summed E-state index contributed by atoms with van der Waals surface area (Å²) in [4.78, 5) is 42.7. The first-order valence-electron chi connectivity index (χ1n) is 14.4. The van der Waals surface area contributed by atoms with Crippen LogP contribution in [0.25, 0.3) is 10.9 Å². The maximum absolute atomic E-state index is 15.7. The Balaban J connectivity index is 1.47. The van der Waals surface area contributed by atoms with Crippen LogP contribution in [0.3, 0.4) is 0 Å². The standard InChI is InChI=1S/C34H35ClFN3O5/c1-22-5-7-24(8-6-22)21-43-32(41)27-20-39(19-23-9-11-25(35)12-10-23)29-18-30(28(36)17-26(29)31(27)40)37-13-15-38(16-14-37)33(42)44-34(2,3)4/h5-12,17-18,20H,13-16,19,21H2,1-4H3. The summed E-state index contributed by atoms with van der Waals surface area (Å²) in [6.07, 6.45) is 1.06. The van der Waals surface area contributed by atoms with Gasteiger partial charge >= 0.3 is 12.1 Å². The molecular weight excluding hydrogens is 585 g/mol. The molecule has 0 atom stereocenters. The smallest absolute Gasteiger partial charge is 0.410 e. The second kappa shape index (κ2) is 12.7. The Morgan fingerprint density at radius 3 is 2.20 bits per heavy atom. The molecule has 1 fully saturated rings. The summed E-state index contributed by atoms with van der Waals surface area (Å²) in [5, 5.41) is 0.645. The number of esters is 1. The van der Waals surface area contributed by atoms with Crippen LogP contribution in [0.15, 0.2) is 71.7 Å². The van der Waals surface area contributed by atoms with Gasteiger partial charge in [0.2, 0.25) is 5.43 Å². The lowest BCUT2D eigenvalue weighted by Crippen LogP contribution is -2.50. The SMILES string of the molecule is Cc1ccc(COC(=O)c2cn(Cc3ccc(Cl)cc3)c3cc(N4CCN(C(=O)OC(C)(C)C)CC4)c(F)cc3c2=O)cc1. The zero-order valence-corrected chi connectivity index (χ0v) is 26.0. The predicted molar refractivity (Wildman–Crippen MR) is 169 cm³/mol. The van der Waals surface area contributed by atoms with Crippen LogP contribution in [0.5, 0.6) is 0 Å². The van der Waals surface area contributed by atoms with E-state index in [-0.39, 0.29) is 17.6 Å². The van der Waals surface area contributed by atoms with Gasteiger partial charge in [-0.2, -0.15) is 0 Å². The maximum atomic E-state index is 15.7. The number of anilines is 1. The minimum atomic E-state index is -0.787. The summed E-state index contributed by atoms with van der Waals surface area (Å²) in [6.45, 7) is 9.16. The molecule has 10 heteroatoms. The summed E-state index contributed by atoms with van der Waals surface area (Å²) < 4.78 is 28.4. The molecule has 0 radical (unpaired) electrons. The van der Waals surface area contributed by atoms with E-state index >= 15 is 4.39 Å². The second-order valence-corrected chi connectivity index (χ2v) is 12.4. The number of amides is 1. The van der Waals surface area contributed by atoms with Crippen LogP contribution >= 0.6 is 11.6 Å². The normalized spacial score (nSPS) is 13.7. The van der Waals surface area contributed by atoms with Crippen molar-refractivity contribution < 1.29 is 23.5 Å². The van der Waals surface area contributed by atoms with Crippen molar-refractivity contribution in [3.63, 3.8) is 0 Å². The number of rotatable bonds is 6. The summed E-state index contributed by atoms with van der Waals surface area (Å²) in [7, 11) is 0.